The number of sulfonamides is 1. The van der Waals surface area contributed by atoms with Gasteiger partial charge in [0, 0.05) is 23.2 Å². The molecule has 28 heavy (non-hydrogen) atoms. The molecule has 0 aliphatic carbocycles. The van der Waals surface area contributed by atoms with E-state index in [1.165, 1.54) is 16.4 Å². The summed E-state index contributed by atoms with van der Waals surface area (Å²) >= 11 is 5.89. The molecule has 0 spiro atoms. The molecule has 1 amide bonds. The number of hydrogen-bond acceptors (Lipinski definition) is 3. The fraction of sp³-hybridized carbons (Fsp3) is 0.381. The van der Waals surface area contributed by atoms with Crippen LogP contribution in [0.15, 0.2) is 47.4 Å². The second kappa shape index (κ2) is 8.53. The minimum absolute atomic E-state index is 0.107. The molecule has 0 fully saturated rings. The highest BCUT2D eigenvalue weighted by Crippen LogP contribution is 2.33. The Labute approximate surface area is 171 Å². The molecule has 2 aromatic carbocycles. The minimum Gasteiger partial charge on any atom is -0.350 e. The normalized spacial score (nSPS) is 15.0. The van der Waals surface area contributed by atoms with Crippen LogP contribution in [0.4, 0.5) is 5.69 Å². The van der Waals surface area contributed by atoms with Gasteiger partial charge >= 0.3 is 0 Å². The summed E-state index contributed by atoms with van der Waals surface area (Å²) in [5.74, 6) is -0.124. The number of rotatable bonds is 6. The maximum absolute atomic E-state index is 13.1. The molecular weight excluding hydrogens is 396 g/mol. The lowest BCUT2D eigenvalue weighted by Crippen LogP contribution is -2.36. The molecule has 2 aromatic rings. The summed E-state index contributed by atoms with van der Waals surface area (Å²) in [6, 6.07) is 11.5. The Morgan fingerprint density at radius 1 is 1.21 bits per heavy atom. The lowest BCUT2D eigenvalue weighted by molar-refractivity contribution is 0.0938. The van der Waals surface area contributed by atoms with Gasteiger partial charge in [0.25, 0.3) is 15.9 Å². The summed E-state index contributed by atoms with van der Waals surface area (Å²) in [7, 11) is -3.68. The Kier molecular flexibility index (Phi) is 6.30. The summed E-state index contributed by atoms with van der Waals surface area (Å²) in [6.07, 6.45) is 3.37. The number of hydrogen-bond donors (Lipinski definition) is 1. The zero-order valence-electron chi connectivity index (χ0n) is 16.1. The number of nitrogens with zero attached hydrogens (tertiary/aromatic N) is 1. The molecular formula is C21H25ClN2O3S. The molecule has 1 aliphatic heterocycles. The second-order valence-corrected chi connectivity index (χ2v) is 9.44. The maximum atomic E-state index is 13.1. The van der Waals surface area contributed by atoms with Crippen LogP contribution in [0.5, 0.6) is 0 Å². The third-order valence-corrected chi connectivity index (χ3v) is 7.00. The molecule has 0 radical (unpaired) electrons. The Morgan fingerprint density at radius 3 is 2.61 bits per heavy atom. The third-order valence-electron chi connectivity index (χ3n) is 4.92. The number of benzene rings is 2. The van der Waals surface area contributed by atoms with Gasteiger partial charge < -0.3 is 5.32 Å². The standard InChI is InChI=1S/C21H25ClN2O3S/c1-3-5-15(2)23-21(25)17-7-12-20-16(14-17)6-4-13-24(20)28(26,27)19-10-8-18(22)9-11-19/h7-12,14-15H,3-6,13H2,1-2H3,(H,23,25)/t15-/m1/s1. The Bertz CT molecular complexity index is 958. The van der Waals surface area contributed by atoms with Gasteiger partial charge in [-0.05, 0) is 74.2 Å². The van der Waals surface area contributed by atoms with Crippen molar-refractivity contribution in [2.24, 2.45) is 0 Å². The first kappa shape index (κ1) is 20.7. The van der Waals surface area contributed by atoms with Crippen molar-refractivity contribution in [3.05, 3.63) is 58.6 Å². The zero-order chi connectivity index (χ0) is 20.3. The Balaban J connectivity index is 1.88. The Morgan fingerprint density at radius 2 is 1.93 bits per heavy atom. The van der Waals surface area contributed by atoms with Crippen LogP contribution in [-0.4, -0.2) is 26.9 Å². The van der Waals surface area contributed by atoms with E-state index in [0.29, 0.717) is 29.2 Å². The average molecular weight is 421 g/mol. The quantitative estimate of drug-likeness (QED) is 0.753. The first-order valence-corrected chi connectivity index (χ1v) is 11.4. The summed E-state index contributed by atoms with van der Waals surface area (Å²) in [5.41, 5.74) is 2.08. The van der Waals surface area contributed by atoms with Crippen molar-refractivity contribution in [3.8, 4) is 0 Å². The van der Waals surface area contributed by atoms with E-state index >= 15 is 0 Å². The van der Waals surface area contributed by atoms with E-state index in [9.17, 15) is 13.2 Å². The largest absolute Gasteiger partial charge is 0.350 e. The number of aryl methyl sites for hydroxylation is 1. The smallest absolute Gasteiger partial charge is 0.264 e. The van der Waals surface area contributed by atoms with Crippen molar-refractivity contribution < 1.29 is 13.2 Å². The van der Waals surface area contributed by atoms with E-state index < -0.39 is 10.0 Å². The van der Waals surface area contributed by atoms with Crippen LogP contribution in [0, 0.1) is 0 Å². The molecule has 1 aliphatic rings. The zero-order valence-corrected chi connectivity index (χ0v) is 17.7. The highest BCUT2D eigenvalue weighted by atomic mass is 35.5. The number of anilines is 1. The highest BCUT2D eigenvalue weighted by molar-refractivity contribution is 7.92. The highest BCUT2D eigenvalue weighted by Gasteiger charge is 2.29. The molecule has 0 saturated heterocycles. The van der Waals surface area contributed by atoms with Gasteiger partial charge in [-0.3, -0.25) is 9.10 Å². The van der Waals surface area contributed by atoms with E-state index in [4.69, 9.17) is 11.6 Å². The lowest BCUT2D eigenvalue weighted by Gasteiger charge is -2.31. The molecule has 150 valence electrons. The number of halogens is 1. The molecule has 0 unspecified atom stereocenters. The van der Waals surface area contributed by atoms with Gasteiger partial charge in [0.1, 0.15) is 0 Å². The Hall–Kier alpha value is -2.05. The van der Waals surface area contributed by atoms with Gasteiger partial charge in [0.15, 0.2) is 0 Å². The summed E-state index contributed by atoms with van der Waals surface area (Å²) in [6.45, 7) is 4.48. The van der Waals surface area contributed by atoms with Crippen LogP contribution in [0.2, 0.25) is 5.02 Å². The molecule has 7 heteroatoms. The van der Waals surface area contributed by atoms with E-state index in [1.807, 2.05) is 13.0 Å². The number of nitrogens with one attached hydrogen (secondary N) is 1. The summed E-state index contributed by atoms with van der Waals surface area (Å²) in [4.78, 5) is 12.7. The molecule has 1 atom stereocenters. The van der Waals surface area contributed by atoms with Crippen molar-refractivity contribution >= 4 is 33.2 Å². The maximum Gasteiger partial charge on any atom is 0.264 e. The van der Waals surface area contributed by atoms with Crippen LogP contribution in [0.25, 0.3) is 0 Å². The van der Waals surface area contributed by atoms with Crippen molar-refractivity contribution in [1.82, 2.24) is 5.32 Å². The molecule has 1 N–H and O–H groups in total. The van der Waals surface area contributed by atoms with Gasteiger partial charge in [0.05, 0.1) is 10.6 Å². The van der Waals surface area contributed by atoms with Gasteiger partial charge in [-0.25, -0.2) is 8.42 Å². The van der Waals surface area contributed by atoms with Crippen molar-refractivity contribution in [1.29, 1.82) is 0 Å². The topological polar surface area (TPSA) is 66.5 Å². The van der Waals surface area contributed by atoms with Crippen LogP contribution < -0.4 is 9.62 Å². The second-order valence-electron chi connectivity index (χ2n) is 7.14. The monoisotopic (exact) mass is 420 g/mol. The SMILES string of the molecule is CCC[C@@H](C)NC(=O)c1ccc2c(c1)CCCN2S(=O)(=O)c1ccc(Cl)cc1. The number of carbonyl (C=O) groups excluding carboxylic acids is 1. The van der Waals surface area contributed by atoms with Gasteiger partial charge in [-0.1, -0.05) is 24.9 Å². The van der Waals surface area contributed by atoms with Crippen molar-refractivity contribution in [2.75, 3.05) is 10.8 Å². The van der Waals surface area contributed by atoms with E-state index in [-0.39, 0.29) is 16.8 Å². The van der Waals surface area contributed by atoms with Gasteiger partial charge in [-0.2, -0.15) is 0 Å². The van der Waals surface area contributed by atoms with Gasteiger partial charge in [0.2, 0.25) is 0 Å². The molecule has 1 heterocycles. The fourth-order valence-corrected chi connectivity index (χ4v) is 5.17. The van der Waals surface area contributed by atoms with Crippen LogP contribution in [0.3, 0.4) is 0 Å². The molecule has 0 bridgehead atoms. The molecule has 0 saturated carbocycles. The van der Waals surface area contributed by atoms with Gasteiger partial charge in [-0.15, -0.1) is 0 Å². The van der Waals surface area contributed by atoms with Crippen molar-refractivity contribution in [2.45, 2.75) is 50.5 Å². The first-order valence-electron chi connectivity index (χ1n) is 9.55. The first-order chi connectivity index (χ1) is 13.3. The van der Waals surface area contributed by atoms with Crippen LogP contribution in [0.1, 0.15) is 49.0 Å². The predicted octanol–water partition coefficient (Wildman–Crippen LogP) is 4.40. The van der Waals surface area contributed by atoms with Crippen LogP contribution in [-0.2, 0) is 16.4 Å². The summed E-state index contributed by atoms with van der Waals surface area (Å²) in [5, 5.41) is 3.48. The van der Waals surface area contributed by atoms with E-state index in [0.717, 1.165) is 24.8 Å². The third kappa shape index (κ3) is 4.33. The summed E-state index contributed by atoms with van der Waals surface area (Å²) < 4.78 is 27.6. The molecule has 0 aromatic heterocycles. The molecule has 5 nitrogen and oxygen atoms in total. The number of amides is 1. The molecule has 3 rings (SSSR count). The fourth-order valence-electron chi connectivity index (χ4n) is 3.50. The van der Waals surface area contributed by atoms with Crippen LogP contribution >= 0.6 is 11.6 Å². The minimum atomic E-state index is -3.68. The number of fused-ring (bicyclic) bond motifs is 1. The predicted molar refractivity (Wildman–Crippen MR) is 113 cm³/mol. The lowest BCUT2D eigenvalue weighted by atomic mass is 10.0. The van der Waals surface area contributed by atoms with E-state index in [2.05, 4.69) is 12.2 Å². The average Bonchev–Trinajstić information content (AvgIpc) is 2.67. The number of carbonyl (C=O) groups is 1. The van der Waals surface area contributed by atoms with Crippen molar-refractivity contribution in [3.63, 3.8) is 0 Å². The van der Waals surface area contributed by atoms with E-state index in [1.54, 1.807) is 24.3 Å².